The van der Waals surface area contributed by atoms with E-state index in [1.54, 1.807) is 4.90 Å². The van der Waals surface area contributed by atoms with Gasteiger partial charge in [0.05, 0.1) is 0 Å². The minimum Gasteiger partial charge on any atom is -0.484 e. The zero-order chi connectivity index (χ0) is 14.3. The summed E-state index contributed by atoms with van der Waals surface area (Å²) in [4.78, 5) is 13.6. The van der Waals surface area contributed by atoms with Crippen molar-refractivity contribution in [2.45, 2.75) is 26.8 Å². The number of likely N-dealkylation sites (N-methyl/N-ethyl adjacent to an activating group) is 1. The second kappa shape index (κ2) is 7.79. The Hall–Kier alpha value is -1.55. The molecule has 1 atom stereocenters. The largest absolute Gasteiger partial charge is 0.484 e. The van der Waals surface area contributed by atoms with Crippen molar-refractivity contribution in [2.24, 2.45) is 11.7 Å². The molecule has 1 aromatic carbocycles. The second-order valence-electron chi connectivity index (χ2n) is 4.92. The Morgan fingerprint density at radius 1 is 1.37 bits per heavy atom. The van der Waals surface area contributed by atoms with Gasteiger partial charge in [0.1, 0.15) is 5.75 Å². The topological polar surface area (TPSA) is 55.6 Å². The fourth-order valence-electron chi connectivity index (χ4n) is 1.68. The minimum absolute atomic E-state index is 0.00296. The summed E-state index contributed by atoms with van der Waals surface area (Å²) in [6.07, 6.45) is 1.07. The molecule has 0 heterocycles. The molecule has 19 heavy (non-hydrogen) atoms. The van der Waals surface area contributed by atoms with E-state index in [1.165, 1.54) is 0 Å². The Kier molecular flexibility index (Phi) is 6.36. The standard InChI is InChI=1S/C15H24N2O2/c1-4-12(2)10-17(3)15(18)11-19-14-7-5-13(9-16)6-8-14/h5-8,12H,4,9-11,16H2,1-3H3. The summed E-state index contributed by atoms with van der Waals surface area (Å²) in [5, 5.41) is 0. The fourth-order valence-corrected chi connectivity index (χ4v) is 1.68. The van der Waals surface area contributed by atoms with E-state index < -0.39 is 0 Å². The molecule has 0 aliphatic rings. The molecule has 0 bridgehead atoms. The van der Waals surface area contributed by atoms with Crippen LogP contribution in [0, 0.1) is 5.92 Å². The summed E-state index contributed by atoms with van der Waals surface area (Å²) >= 11 is 0. The summed E-state index contributed by atoms with van der Waals surface area (Å²) in [6.45, 7) is 5.62. The van der Waals surface area contributed by atoms with E-state index in [0.717, 1.165) is 18.5 Å². The van der Waals surface area contributed by atoms with Crippen molar-refractivity contribution in [3.63, 3.8) is 0 Å². The summed E-state index contributed by atoms with van der Waals surface area (Å²) in [7, 11) is 1.81. The zero-order valence-electron chi connectivity index (χ0n) is 12.1. The number of ether oxygens (including phenoxy) is 1. The number of amides is 1. The quantitative estimate of drug-likeness (QED) is 0.820. The summed E-state index contributed by atoms with van der Waals surface area (Å²) in [6, 6.07) is 7.49. The molecule has 0 aliphatic heterocycles. The van der Waals surface area contributed by atoms with Crippen LogP contribution in [0.25, 0.3) is 0 Å². The van der Waals surface area contributed by atoms with E-state index in [4.69, 9.17) is 10.5 Å². The first-order chi connectivity index (χ1) is 9.06. The molecule has 0 aliphatic carbocycles. The van der Waals surface area contributed by atoms with E-state index >= 15 is 0 Å². The van der Waals surface area contributed by atoms with Crippen molar-refractivity contribution < 1.29 is 9.53 Å². The second-order valence-corrected chi connectivity index (χ2v) is 4.92. The van der Waals surface area contributed by atoms with E-state index in [-0.39, 0.29) is 12.5 Å². The molecule has 0 radical (unpaired) electrons. The molecular formula is C15H24N2O2. The molecule has 0 saturated carbocycles. The van der Waals surface area contributed by atoms with Crippen LogP contribution in [0.5, 0.6) is 5.75 Å². The van der Waals surface area contributed by atoms with Gasteiger partial charge in [-0.1, -0.05) is 32.4 Å². The van der Waals surface area contributed by atoms with Crippen molar-refractivity contribution in [3.8, 4) is 5.75 Å². The molecule has 1 rings (SSSR count). The zero-order valence-corrected chi connectivity index (χ0v) is 12.1. The van der Waals surface area contributed by atoms with Crippen LogP contribution in [-0.4, -0.2) is 31.0 Å². The fraction of sp³-hybridized carbons (Fsp3) is 0.533. The van der Waals surface area contributed by atoms with Gasteiger partial charge < -0.3 is 15.4 Å². The third-order valence-electron chi connectivity index (χ3n) is 3.23. The van der Waals surface area contributed by atoms with Gasteiger partial charge in [0, 0.05) is 20.1 Å². The first-order valence-corrected chi connectivity index (χ1v) is 6.72. The third kappa shape index (κ3) is 5.30. The Bertz CT molecular complexity index is 390. The molecule has 0 fully saturated rings. The van der Waals surface area contributed by atoms with E-state index in [2.05, 4.69) is 13.8 Å². The lowest BCUT2D eigenvalue weighted by molar-refractivity contribution is -0.132. The van der Waals surface area contributed by atoms with Crippen LogP contribution in [0.15, 0.2) is 24.3 Å². The van der Waals surface area contributed by atoms with E-state index in [9.17, 15) is 4.79 Å². The average molecular weight is 264 g/mol. The van der Waals surface area contributed by atoms with E-state index in [1.807, 2.05) is 31.3 Å². The van der Waals surface area contributed by atoms with Gasteiger partial charge in [-0.2, -0.15) is 0 Å². The number of nitrogens with two attached hydrogens (primary N) is 1. The lowest BCUT2D eigenvalue weighted by Crippen LogP contribution is -2.34. The van der Waals surface area contributed by atoms with Crippen LogP contribution in [0.3, 0.4) is 0 Å². The minimum atomic E-state index is 0.00296. The molecule has 4 heteroatoms. The van der Waals surface area contributed by atoms with Gasteiger partial charge in [-0.15, -0.1) is 0 Å². The van der Waals surface area contributed by atoms with Gasteiger partial charge in [0.2, 0.25) is 0 Å². The molecule has 106 valence electrons. The van der Waals surface area contributed by atoms with Gasteiger partial charge in [-0.05, 0) is 23.6 Å². The SMILES string of the molecule is CCC(C)CN(C)C(=O)COc1ccc(CN)cc1. The van der Waals surface area contributed by atoms with Gasteiger partial charge in [-0.3, -0.25) is 4.79 Å². The molecule has 1 aromatic rings. The van der Waals surface area contributed by atoms with Crippen molar-refractivity contribution in [1.29, 1.82) is 0 Å². The Labute approximate surface area is 115 Å². The maximum Gasteiger partial charge on any atom is 0.260 e. The maximum atomic E-state index is 11.9. The molecule has 0 saturated heterocycles. The van der Waals surface area contributed by atoms with Gasteiger partial charge in [0.15, 0.2) is 6.61 Å². The number of nitrogens with zero attached hydrogens (tertiary/aromatic N) is 1. The molecule has 1 unspecified atom stereocenters. The Balaban J connectivity index is 2.40. The monoisotopic (exact) mass is 264 g/mol. The smallest absolute Gasteiger partial charge is 0.260 e. The molecule has 0 aromatic heterocycles. The molecule has 1 amide bonds. The van der Waals surface area contributed by atoms with Crippen LogP contribution in [-0.2, 0) is 11.3 Å². The number of hydrogen-bond donors (Lipinski definition) is 1. The highest BCUT2D eigenvalue weighted by atomic mass is 16.5. The van der Waals surface area contributed by atoms with Crippen molar-refractivity contribution in [3.05, 3.63) is 29.8 Å². The summed E-state index contributed by atoms with van der Waals surface area (Å²) in [5.41, 5.74) is 6.57. The van der Waals surface area contributed by atoms with Gasteiger partial charge >= 0.3 is 0 Å². The van der Waals surface area contributed by atoms with Crippen LogP contribution < -0.4 is 10.5 Å². The number of carbonyl (C=O) groups is 1. The number of benzene rings is 1. The number of carbonyl (C=O) groups excluding carboxylic acids is 1. The van der Waals surface area contributed by atoms with Crippen LogP contribution in [0.1, 0.15) is 25.8 Å². The number of rotatable bonds is 7. The molecule has 4 nitrogen and oxygen atoms in total. The van der Waals surface area contributed by atoms with E-state index in [0.29, 0.717) is 18.2 Å². The first-order valence-electron chi connectivity index (χ1n) is 6.72. The van der Waals surface area contributed by atoms with Gasteiger partial charge in [0.25, 0.3) is 5.91 Å². The highest BCUT2D eigenvalue weighted by molar-refractivity contribution is 5.77. The molecular weight excluding hydrogens is 240 g/mol. The average Bonchev–Trinajstić information content (AvgIpc) is 2.44. The van der Waals surface area contributed by atoms with Crippen molar-refractivity contribution in [2.75, 3.05) is 20.2 Å². The van der Waals surface area contributed by atoms with Crippen molar-refractivity contribution in [1.82, 2.24) is 4.90 Å². The lowest BCUT2D eigenvalue weighted by Gasteiger charge is -2.20. The Morgan fingerprint density at radius 3 is 2.53 bits per heavy atom. The predicted octanol–water partition coefficient (Wildman–Crippen LogP) is 2.03. The summed E-state index contributed by atoms with van der Waals surface area (Å²) in [5.74, 6) is 1.21. The van der Waals surface area contributed by atoms with Crippen molar-refractivity contribution >= 4 is 5.91 Å². The summed E-state index contributed by atoms with van der Waals surface area (Å²) < 4.78 is 5.47. The van der Waals surface area contributed by atoms with Crippen LogP contribution in [0.4, 0.5) is 0 Å². The normalized spacial score (nSPS) is 12.0. The molecule has 0 spiro atoms. The van der Waals surface area contributed by atoms with Crippen LogP contribution >= 0.6 is 0 Å². The molecule has 2 N–H and O–H groups in total. The number of hydrogen-bond acceptors (Lipinski definition) is 3. The highest BCUT2D eigenvalue weighted by Gasteiger charge is 2.12. The predicted molar refractivity (Wildman–Crippen MR) is 76.9 cm³/mol. The Morgan fingerprint density at radius 2 is 2.00 bits per heavy atom. The third-order valence-corrected chi connectivity index (χ3v) is 3.23. The van der Waals surface area contributed by atoms with Crippen LogP contribution in [0.2, 0.25) is 0 Å². The lowest BCUT2D eigenvalue weighted by atomic mass is 10.1. The maximum absolute atomic E-state index is 11.9. The highest BCUT2D eigenvalue weighted by Crippen LogP contribution is 2.12. The van der Waals surface area contributed by atoms with Gasteiger partial charge in [-0.25, -0.2) is 0 Å². The first kappa shape index (κ1) is 15.5.